The van der Waals surface area contributed by atoms with Gasteiger partial charge in [0, 0.05) is 11.5 Å². The van der Waals surface area contributed by atoms with Crippen molar-refractivity contribution in [1.82, 2.24) is 4.98 Å². The molecule has 1 aliphatic carbocycles. The highest BCUT2D eigenvalue weighted by Crippen LogP contribution is 2.32. The van der Waals surface area contributed by atoms with E-state index in [0.29, 0.717) is 17.9 Å². The quantitative estimate of drug-likeness (QED) is 0.877. The highest BCUT2D eigenvalue weighted by atomic mass is 19.1. The lowest BCUT2D eigenvalue weighted by molar-refractivity contribution is 0.0589. The summed E-state index contributed by atoms with van der Waals surface area (Å²) in [6.45, 7) is 0.504. The van der Waals surface area contributed by atoms with E-state index >= 15 is 0 Å². The second-order valence-electron chi connectivity index (χ2n) is 5.08. The van der Waals surface area contributed by atoms with Crippen molar-refractivity contribution in [3.05, 3.63) is 29.7 Å². The predicted molar refractivity (Wildman–Crippen MR) is 72.9 cm³/mol. The zero-order chi connectivity index (χ0) is 15.0. The Labute approximate surface area is 120 Å². The molecule has 110 valence electrons. The van der Waals surface area contributed by atoms with Gasteiger partial charge in [0.1, 0.15) is 0 Å². The molecule has 0 spiro atoms. The average molecular weight is 291 g/mol. The second-order valence-corrected chi connectivity index (χ2v) is 5.08. The molecule has 6 heteroatoms. The van der Waals surface area contributed by atoms with E-state index in [1.807, 2.05) is 0 Å². The lowest BCUT2D eigenvalue weighted by Crippen LogP contribution is -2.10. The number of pyridine rings is 1. The molecule has 1 N–H and O–H groups in total. The molecule has 21 heavy (non-hydrogen) atoms. The maximum absolute atomic E-state index is 13.4. The van der Waals surface area contributed by atoms with Crippen LogP contribution in [0, 0.1) is 11.7 Å². The second kappa shape index (κ2) is 5.20. The van der Waals surface area contributed by atoms with Crippen molar-refractivity contribution >= 4 is 16.9 Å². The first-order valence-electron chi connectivity index (χ1n) is 6.63. The molecule has 1 aromatic carbocycles. The summed E-state index contributed by atoms with van der Waals surface area (Å²) in [6.07, 6.45) is 2.22. The van der Waals surface area contributed by atoms with E-state index in [9.17, 15) is 14.3 Å². The number of methoxy groups -OCH3 is 1. The molecule has 1 fully saturated rings. The molecule has 0 unspecified atom stereocenters. The van der Waals surface area contributed by atoms with E-state index in [-0.39, 0.29) is 17.0 Å². The van der Waals surface area contributed by atoms with E-state index in [0.717, 1.165) is 18.9 Å². The summed E-state index contributed by atoms with van der Waals surface area (Å²) in [5, 5.41) is 9.92. The molecule has 1 saturated carbocycles. The van der Waals surface area contributed by atoms with E-state index in [1.165, 1.54) is 13.2 Å². The van der Waals surface area contributed by atoms with Gasteiger partial charge < -0.3 is 14.6 Å². The number of halogens is 1. The van der Waals surface area contributed by atoms with Gasteiger partial charge in [-0.2, -0.15) is 0 Å². The van der Waals surface area contributed by atoms with Crippen molar-refractivity contribution < 1.29 is 23.8 Å². The first-order chi connectivity index (χ1) is 10.1. The number of aromatic nitrogens is 1. The van der Waals surface area contributed by atoms with Gasteiger partial charge in [0.25, 0.3) is 0 Å². The average Bonchev–Trinajstić information content (AvgIpc) is 3.29. The van der Waals surface area contributed by atoms with Crippen LogP contribution in [0.1, 0.15) is 23.3 Å². The van der Waals surface area contributed by atoms with Crippen molar-refractivity contribution in [2.24, 2.45) is 5.92 Å². The number of hydrogen-bond donors (Lipinski definition) is 1. The third kappa shape index (κ3) is 2.74. The van der Waals surface area contributed by atoms with E-state index in [2.05, 4.69) is 9.72 Å². The van der Waals surface area contributed by atoms with Crippen LogP contribution in [-0.2, 0) is 4.74 Å². The van der Waals surface area contributed by atoms with Crippen LogP contribution in [0.2, 0.25) is 0 Å². The van der Waals surface area contributed by atoms with Crippen molar-refractivity contribution in [2.75, 3.05) is 13.7 Å². The Balaban J connectivity index is 2.07. The summed E-state index contributed by atoms with van der Waals surface area (Å²) >= 11 is 0. The molecule has 5 nitrogen and oxygen atoms in total. The van der Waals surface area contributed by atoms with Crippen LogP contribution >= 0.6 is 0 Å². The SMILES string of the molecule is COC(=O)c1nc2cc(F)c(O)cc2cc1OCC1CC1. The number of benzene rings is 1. The fraction of sp³-hybridized carbons (Fsp3) is 0.333. The number of esters is 1. The van der Waals surface area contributed by atoms with Gasteiger partial charge in [-0.05, 0) is 30.9 Å². The Morgan fingerprint density at radius 1 is 1.43 bits per heavy atom. The standard InChI is InChI=1S/C15H14FNO4/c1-20-15(19)14-13(21-7-8-2-3-8)5-9-4-12(18)10(16)6-11(9)17-14/h4-6,8,18H,2-3,7H2,1H3. The van der Waals surface area contributed by atoms with Gasteiger partial charge in [-0.3, -0.25) is 0 Å². The molecule has 0 bridgehead atoms. The molecule has 0 atom stereocenters. The summed E-state index contributed by atoms with van der Waals surface area (Å²) in [4.78, 5) is 15.9. The van der Waals surface area contributed by atoms with Gasteiger partial charge in [0.05, 0.1) is 19.2 Å². The minimum absolute atomic E-state index is 0.00994. The third-order valence-electron chi connectivity index (χ3n) is 3.40. The van der Waals surface area contributed by atoms with Crippen LogP contribution in [0.15, 0.2) is 18.2 Å². The van der Waals surface area contributed by atoms with Gasteiger partial charge >= 0.3 is 5.97 Å². The van der Waals surface area contributed by atoms with Gasteiger partial charge in [0.2, 0.25) is 0 Å². The van der Waals surface area contributed by atoms with Crippen LogP contribution in [0.5, 0.6) is 11.5 Å². The van der Waals surface area contributed by atoms with Crippen LogP contribution in [0.3, 0.4) is 0 Å². The molecular weight excluding hydrogens is 277 g/mol. The number of carbonyl (C=O) groups is 1. The number of fused-ring (bicyclic) bond motifs is 1. The van der Waals surface area contributed by atoms with Crippen LogP contribution in [-0.4, -0.2) is 29.8 Å². The Bertz CT molecular complexity index is 712. The van der Waals surface area contributed by atoms with Gasteiger partial charge in [-0.25, -0.2) is 14.2 Å². The smallest absolute Gasteiger partial charge is 0.360 e. The Morgan fingerprint density at radius 3 is 2.86 bits per heavy atom. The summed E-state index contributed by atoms with van der Waals surface area (Å²) in [6, 6.07) is 3.89. The summed E-state index contributed by atoms with van der Waals surface area (Å²) in [7, 11) is 1.25. The zero-order valence-electron chi connectivity index (χ0n) is 11.4. The Kier molecular flexibility index (Phi) is 3.37. The lowest BCUT2D eigenvalue weighted by atomic mass is 10.1. The van der Waals surface area contributed by atoms with Gasteiger partial charge in [-0.15, -0.1) is 0 Å². The number of hydrogen-bond acceptors (Lipinski definition) is 5. The fourth-order valence-electron chi connectivity index (χ4n) is 2.01. The van der Waals surface area contributed by atoms with Crippen molar-refractivity contribution in [2.45, 2.75) is 12.8 Å². The monoisotopic (exact) mass is 291 g/mol. The van der Waals surface area contributed by atoms with Gasteiger partial charge in [0.15, 0.2) is 23.0 Å². The Morgan fingerprint density at radius 2 is 2.19 bits per heavy atom. The molecule has 0 radical (unpaired) electrons. The molecule has 0 saturated heterocycles. The normalized spacial score (nSPS) is 14.2. The predicted octanol–water partition coefficient (Wildman–Crippen LogP) is 2.65. The Hall–Kier alpha value is -2.37. The van der Waals surface area contributed by atoms with Crippen LogP contribution in [0.25, 0.3) is 10.9 Å². The van der Waals surface area contributed by atoms with Crippen molar-refractivity contribution in [3.8, 4) is 11.5 Å². The first kappa shape index (κ1) is 13.6. The first-order valence-corrected chi connectivity index (χ1v) is 6.63. The molecule has 1 heterocycles. The van der Waals surface area contributed by atoms with Crippen molar-refractivity contribution in [3.63, 3.8) is 0 Å². The number of phenols is 1. The zero-order valence-corrected chi connectivity index (χ0v) is 11.4. The number of rotatable bonds is 4. The molecular formula is C15H14FNO4. The van der Waals surface area contributed by atoms with E-state index < -0.39 is 17.5 Å². The van der Waals surface area contributed by atoms with E-state index in [4.69, 9.17) is 4.74 Å². The summed E-state index contributed by atoms with van der Waals surface area (Å²) < 4.78 is 23.7. The number of nitrogens with zero attached hydrogens (tertiary/aromatic N) is 1. The highest BCUT2D eigenvalue weighted by Gasteiger charge is 2.24. The number of phenolic OH excluding ortho intramolecular Hbond substituents is 1. The number of aromatic hydroxyl groups is 1. The molecule has 0 aliphatic heterocycles. The minimum atomic E-state index is -0.794. The minimum Gasteiger partial charge on any atom is -0.505 e. The lowest BCUT2D eigenvalue weighted by Gasteiger charge is -2.11. The summed E-state index contributed by atoms with van der Waals surface area (Å²) in [5.41, 5.74) is 0.264. The van der Waals surface area contributed by atoms with E-state index in [1.54, 1.807) is 6.07 Å². The molecule has 3 rings (SSSR count). The van der Waals surface area contributed by atoms with Crippen LogP contribution < -0.4 is 4.74 Å². The molecule has 1 aromatic heterocycles. The van der Waals surface area contributed by atoms with Crippen molar-refractivity contribution in [1.29, 1.82) is 0 Å². The van der Waals surface area contributed by atoms with Crippen LogP contribution in [0.4, 0.5) is 4.39 Å². The topological polar surface area (TPSA) is 68.7 Å². The van der Waals surface area contributed by atoms with Gasteiger partial charge in [-0.1, -0.05) is 0 Å². The number of ether oxygens (including phenoxy) is 2. The molecule has 1 aliphatic rings. The maximum atomic E-state index is 13.4. The third-order valence-corrected chi connectivity index (χ3v) is 3.40. The summed E-state index contributed by atoms with van der Waals surface area (Å²) in [5.74, 6) is -1.11. The maximum Gasteiger partial charge on any atom is 0.360 e. The molecule has 0 amide bonds. The highest BCUT2D eigenvalue weighted by molar-refractivity contribution is 5.94. The fourth-order valence-corrected chi connectivity index (χ4v) is 2.01. The number of carbonyl (C=O) groups excluding carboxylic acids is 1. The largest absolute Gasteiger partial charge is 0.505 e. The molecule has 2 aromatic rings.